The van der Waals surface area contributed by atoms with E-state index in [1.165, 1.54) is 12.1 Å². The van der Waals surface area contributed by atoms with Gasteiger partial charge in [0.15, 0.2) is 5.78 Å². The van der Waals surface area contributed by atoms with Crippen molar-refractivity contribution in [2.45, 2.75) is 51.7 Å². The Kier molecular flexibility index (Phi) is 10.8. The maximum absolute atomic E-state index is 13.2. The summed E-state index contributed by atoms with van der Waals surface area (Å²) in [5, 5.41) is 26.8. The van der Waals surface area contributed by atoms with Gasteiger partial charge in [-0.3, -0.25) is 9.59 Å². The highest BCUT2D eigenvalue weighted by Gasteiger charge is 2.36. The van der Waals surface area contributed by atoms with E-state index in [0.29, 0.717) is 46.4 Å². The van der Waals surface area contributed by atoms with Crippen LogP contribution in [0.5, 0.6) is 5.75 Å². The quantitative estimate of drug-likeness (QED) is 0.174. The number of rotatable bonds is 6. The van der Waals surface area contributed by atoms with Gasteiger partial charge < -0.3 is 20.1 Å². The molecule has 0 atom stereocenters. The Morgan fingerprint density at radius 2 is 1.42 bits per heavy atom. The minimum atomic E-state index is -0.764. The van der Waals surface area contributed by atoms with Crippen molar-refractivity contribution in [2.24, 2.45) is 0 Å². The fourth-order valence-electron chi connectivity index (χ4n) is 4.86. The number of ketones is 2. The van der Waals surface area contributed by atoms with Crippen molar-refractivity contribution >= 4 is 49.0 Å². The molecule has 0 unspecified atom stereocenters. The smallest absolute Gasteiger partial charge is 0.250 e. The molecule has 0 fully saturated rings. The van der Waals surface area contributed by atoms with Crippen LogP contribution in [0.15, 0.2) is 81.3 Å². The van der Waals surface area contributed by atoms with Crippen LogP contribution in [0.25, 0.3) is 16.7 Å². The van der Waals surface area contributed by atoms with Crippen LogP contribution in [0.1, 0.15) is 72.4 Å². The van der Waals surface area contributed by atoms with Crippen LogP contribution in [0.3, 0.4) is 0 Å². The molecule has 0 bridgehead atoms. The van der Waals surface area contributed by atoms with Crippen LogP contribution < -0.4 is 4.74 Å². The monoisotopic (exact) mass is 739 g/mol. The third-order valence-electron chi connectivity index (χ3n) is 7.13. The second-order valence-electron chi connectivity index (χ2n) is 12.0. The lowest BCUT2D eigenvalue weighted by atomic mass is 10.0. The number of aliphatic hydroxyl groups excluding tert-OH is 1. The van der Waals surface area contributed by atoms with E-state index in [0.717, 1.165) is 32.3 Å². The molecule has 3 aromatic carbocycles. The lowest BCUT2D eigenvalue weighted by Gasteiger charge is -2.17. The molecule has 0 saturated carbocycles. The van der Waals surface area contributed by atoms with Gasteiger partial charge in [-0.2, -0.15) is 0 Å². The number of aliphatic hydroxyl groups is 3. The van der Waals surface area contributed by atoms with Gasteiger partial charge in [-0.05, 0) is 95.8 Å². The van der Waals surface area contributed by atoms with Gasteiger partial charge >= 0.3 is 0 Å². The Hall–Kier alpha value is -3.30. The molecule has 3 aromatic rings. The van der Waals surface area contributed by atoms with Gasteiger partial charge in [0.2, 0.25) is 5.78 Å². The highest BCUT2D eigenvalue weighted by Crippen LogP contribution is 2.43. The fraction of sp³-hybridized carbons (Fsp3) is 0.278. The molecule has 3 N–H and O–H groups in total. The summed E-state index contributed by atoms with van der Waals surface area (Å²) in [6.07, 6.45) is 9.05. The van der Waals surface area contributed by atoms with Crippen LogP contribution in [0, 0.1) is 11.9 Å². The largest absolute Gasteiger partial charge is 0.493 e. The number of hydrogen-bond acceptors (Lipinski definition) is 6. The minimum Gasteiger partial charge on any atom is -0.493 e. The average molecular weight is 741 g/mol. The zero-order valence-corrected chi connectivity index (χ0v) is 28.6. The molecule has 0 radical (unpaired) electrons. The molecule has 0 aliphatic heterocycles. The highest BCUT2D eigenvalue weighted by molar-refractivity contribution is 9.10. The molecule has 0 heterocycles. The Morgan fingerprint density at radius 1 is 0.800 bits per heavy atom. The van der Waals surface area contributed by atoms with E-state index in [1.807, 2.05) is 36.4 Å². The number of carbonyl (C=O) groups is 2. The van der Waals surface area contributed by atoms with Gasteiger partial charge in [-0.25, -0.2) is 4.39 Å². The van der Waals surface area contributed by atoms with E-state index in [2.05, 4.69) is 37.9 Å². The molecule has 0 spiro atoms. The minimum absolute atomic E-state index is 0.0271. The van der Waals surface area contributed by atoms with Crippen LogP contribution in [-0.4, -0.2) is 51.3 Å². The summed E-state index contributed by atoms with van der Waals surface area (Å²) in [5.41, 5.74) is 4.43. The Bertz CT molecular complexity index is 1720. The number of ether oxygens (including phenoxy) is 1. The lowest BCUT2D eigenvalue weighted by Crippen LogP contribution is -2.21. The Labute approximate surface area is 279 Å². The van der Waals surface area contributed by atoms with Crippen molar-refractivity contribution < 1.29 is 34.0 Å². The molecule has 0 amide bonds. The predicted octanol–water partition coefficient (Wildman–Crippen LogP) is 7.81. The molecule has 234 valence electrons. The number of Topliss-reactive ketones (excluding diaryl/α,β-unsaturated/α-hetero) is 1. The molecule has 45 heavy (non-hydrogen) atoms. The topological polar surface area (TPSA) is 104 Å². The SMILES string of the molecule is CC(C)(O)CCO.CC(C)(O)CCOc1cc(Br)c2c(c1)C(=O)c1ccccc1-2.O=C1C2=C(C=C[C+]=C2)c2c(Br)cc(F)cc21. The van der Waals surface area contributed by atoms with Crippen LogP contribution in [0.4, 0.5) is 4.39 Å². The first-order valence-electron chi connectivity index (χ1n) is 14.3. The summed E-state index contributed by atoms with van der Waals surface area (Å²) < 4.78 is 20.4. The van der Waals surface area contributed by atoms with E-state index in [1.54, 1.807) is 45.9 Å². The number of fused-ring (bicyclic) bond motifs is 5. The number of halogens is 3. The van der Waals surface area contributed by atoms with E-state index in [-0.39, 0.29) is 18.2 Å². The number of allylic oxidation sites excluding steroid dienone is 6. The van der Waals surface area contributed by atoms with E-state index in [9.17, 15) is 19.1 Å². The van der Waals surface area contributed by atoms with E-state index in [4.69, 9.17) is 14.9 Å². The maximum Gasteiger partial charge on any atom is 0.250 e. The summed E-state index contributed by atoms with van der Waals surface area (Å²) in [5.74, 6) is 0.119. The molecule has 6 nitrogen and oxygen atoms in total. The maximum atomic E-state index is 13.2. The normalized spacial score (nSPS) is 14.0. The Balaban J connectivity index is 0.000000175. The average Bonchev–Trinajstić information content (AvgIpc) is 3.40. The standard InChI is InChI=1S/C18H17BrO3.C13H5BrFO.C5H12O2/c1-18(2,21)7-8-22-11-9-14-16(15(19)10-11)12-5-3-4-6-13(12)17(14)20;14-11-6-7(15)5-10-12(11)8-3-1-2-4-9(8)13(10)16;1-5(2,7)3-4-6/h3-6,9-10,21H,7-8H2,1-2H3;1,3-6H;6-7H,3-4H2,1-2H3/q;+1;. The molecule has 3 aliphatic rings. The lowest BCUT2D eigenvalue weighted by molar-refractivity contribution is 0.0513. The van der Waals surface area contributed by atoms with E-state index >= 15 is 0 Å². The summed E-state index contributed by atoms with van der Waals surface area (Å²) in [4.78, 5) is 24.5. The zero-order chi connectivity index (χ0) is 33.1. The van der Waals surface area contributed by atoms with Gasteiger partial charge in [0.1, 0.15) is 34.9 Å². The first-order valence-corrected chi connectivity index (χ1v) is 15.9. The van der Waals surface area contributed by atoms with E-state index < -0.39 is 17.0 Å². The van der Waals surface area contributed by atoms with Crippen molar-refractivity contribution in [3.05, 3.63) is 115 Å². The van der Waals surface area contributed by atoms with Crippen molar-refractivity contribution in [3.8, 4) is 16.9 Å². The van der Waals surface area contributed by atoms with Crippen molar-refractivity contribution in [1.29, 1.82) is 0 Å². The molecular weight excluding hydrogens is 707 g/mol. The van der Waals surface area contributed by atoms with Gasteiger partial charge in [0.25, 0.3) is 0 Å². The third kappa shape index (κ3) is 8.30. The molecule has 0 saturated heterocycles. The first-order chi connectivity index (χ1) is 21.1. The van der Waals surface area contributed by atoms with Crippen LogP contribution >= 0.6 is 31.9 Å². The van der Waals surface area contributed by atoms with Gasteiger partial charge in [0.05, 0.1) is 29.4 Å². The summed E-state index contributed by atoms with van der Waals surface area (Å²) in [6, 6.07) is 13.9. The predicted molar refractivity (Wildman–Crippen MR) is 180 cm³/mol. The Morgan fingerprint density at radius 3 is 2.04 bits per heavy atom. The van der Waals surface area contributed by atoms with Gasteiger partial charge in [0, 0.05) is 50.3 Å². The summed E-state index contributed by atoms with van der Waals surface area (Å²) >= 11 is 6.84. The molecular formula is C36H34Br2FO6+. The number of benzene rings is 3. The van der Waals surface area contributed by atoms with Gasteiger partial charge in [-0.15, -0.1) is 0 Å². The number of carbonyl (C=O) groups excluding carboxylic acids is 2. The van der Waals surface area contributed by atoms with Gasteiger partial charge in [-0.1, -0.05) is 24.3 Å². The van der Waals surface area contributed by atoms with Crippen LogP contribution in [-0.2, 0) is 0 Å². The summed E-state index contributed by atoms with van der Waals surface area (Å²) in [6.45, 7) is 7.29. The van der Waals surface area contributed by atoms with Crippen molar-refractivity contribution in [2.75, 3.05) is 13.2 Å². The molecule has 3 aliphatic carbocycles. The zero-order valence-electron chi connectivity index (χ0n) is 25.4. The van der Waals surface area contributed by atoms with Crippen molar-refractivity contribution in [3.63, 3.8) is 0 Å². The molecule has 0 aromatic heterocycles. The molecule has 9 heteroatoms. The van der Waals surface area contributed by atoms with Crippen LogP contribution in [0.2, 0.25) is 0 Å². The second-order valence-corrected chi connectivity index (χ2v) is 13.7. The third-order valence-corrected chi connectivity index (χ3v) is 8.38. The second kappa shape index (κ2) is 14.0. The van der Waals surface area contributed by atoms with Crippen molar-refractivity contribution in [1.82, 2.24) is 0 Å². The number of hydrogen-bond donors (Lipinski definition) is 3. The fourth-order valence-corrected chi connectivity index (χ4v) is 6.16. The summed E-state index contributed by atoms with van der Waals surface area (Å²) in [7, 11) is 0. The first kappa shape index (κ1) is 34.6. The molecule has 6 rings (SSSR count). The highest BCUT2D eigenvalue weighted by atomic mass is 79.9.